The zero-order chi connectivity index (χ0) is 18.4. The number of hydrogen-bond donors (Lipinski definition) is 1. The first-order valence-corrected chi connectivity index (χ1v) is 9.02. The second-order valence-corrected chi connectivity index (χ2v) is 6.73. The SMILES string of the molecule is O=C(CSc1ccc(Cl)cc1)N/N=C\c1ccc(-c2cccc(F)c2)o1. The van der Waals surface area contributed by atoms with Gasteiger partial charge in [-0.15, -0.1) is 11.8 Å². The molecule has 0 radical (unpaired) electrons. The molecule has 0 saturated carbocycles. The van der Waals surface area contributed by atoms with Gasteiger partial charge in [-0.3, -0.25) is 4.79 Å². The van der Waals surface area contributed by atoms with E-state index in [-0.39, 0.29) is 17.5 Å². The van der Waals surface area contributed by atoms with E-state index in [4.69, 9.17) is 16.0 Å². The van der Waals surface area contributed by atoms with Crippen molar-refractivity contribution in [2.75, 3.05) is 5.75 Å². The molecule has 2 aromatic carbocycles. The van der Waals surface area contributed by atoms with Gasteiger partial charge in [0.2, 0.25) is 5.91 Å². The van der Waals surface area contributed by atoms with E-state index >= 15 is 0 Å². The van der Waals surface area contributed by atoms with Crippen molar-refractivity contribution in [2.45, 2.75) is 4.90 Å². The number of thioether (sulfide) groups is 1. The summed E-state index contributed by atoms with van der Waals surface area (Å²) in [5.74, 6) is 0.634. The lowest BCUT2D eigenvalue weighted by atomic mass is 10.2. The quantitative estimate of drug-likeness (QED) is 0.368. The van der Waals surface area contributed by atoms with Crippen molar-refractivity contribution in [3.63, 3.8) is 0 Å². The van der Waals surface area contributed by atoms with E-state index in [0.29, 0.717) is 22.1 Å². The van der Waals surface area contributed by atoms with Crippen molar-refractivity contribution < 1.29 is 13.6 Å². The molecule has 1 heterocycles. The van der Waals surface area contributed by atoms with Gasteiger partial charge in [0.25, 0.3) is 0 Å². The van der Waals surface area contributed by atoms with Gasteiger partial charge in [-0.1, -0.05) is 23.7 Å². The molecule has 3 rings (SSSR count). The Morgan fingerprint density at radius 1 is 1.19 bits per heavy atom. The van der Waals surface area contributed by atoms with Gasteiger partial charge in [-0.25, -0.2) is 9.82 Å². The standard InChI is InChI=1S/C19H14ClFN2O2S/c20-14-4-7-17(8-5-14)26-12-19(24)23-22-11-16-6-9-18(25-16)13-2-1-3-15(21)10-13/h1-11H,12H2,(H,23,24)/b22-11-. The third-order valence-corrected chi connectivity index (χ3v) is 4.56. The van der Waals surface area contributed by atoms with Gasteiger partial charge >= 0.3 is 0 Å². The molecule has 3 aromatic rings. The molecule has 7 heteroatoms. The minimum atomic E-state index is -0.334. The van der Waals surface area contributed by atoms with Gasteiger partial charge in [-0.2, -0.15) is 5.10 Å². The minimum absolute atomic E-state index is 0.228. The lowest BCUT2D eigenvalue weighted by Crippen LogP contribution is -2.19. The first kappa shape index (κ1) is 18.2. The van der Waals surface area contributed by atoms with E-state index in [1.54, 1.807) is 36.4 Å². The highest BCUT2D eigenvalue weighted by atomic mass is 35.5. The third kappa shape index (κ3) is 5.21. The molecule has 0 aliphatic carbocycles. The van der Waals surface area contributed by atoms with Crippen molar-refractivity contribution in [3.8, 4) is 11.3 Å². The van der Waals surface area contributed by atoms with Gasteiger partial charge in [0.05, 0.1) is 12.0 Å². The fourth-order valence-corrected chi connectivity index (χ4v) is 2.92. The molecule has 4 nitrogen and oxygen atoms in total. The molecule has 0 unspecified atom stereocenters. The summed E-state index contributed by atoms with van der Waals surface area (Å²) in [6.07, 6.45) is 1.40. The predicted octanol–water partition coefficient (Wildman–Crippen LogP) is 4.98. The molecule has 132 valence electrons. The van der Waals surface area contributed by atoms with Gasteiger partial charge in [0, 0.05) is 15.5 Å². The van der Waals surface area contributed by atoms with E-state index in [1.807, 2.05) is 12.1 Å². The van der Waals surface area contributed by atoms with Crippen LogP contribution in [-0.4, -0.2) is 17.9 Å². The molecule has 0 aliphatic heterocycles. The lowest BCUT2D eigenvalue weighted by molar-refractivity contribution is -0.118. The second kappa shape index (κ2) is 8.69. The summed E-state index contributed by atoms with van der Waals surface area (Å²) in [6, 6.07) is 16.8. The van der Waals surface area contributed by atoms with Crippen molar-refractivity contribution in [2.24, 2.45) is 5.10 Å². The number of nitrogens with zero attached hydrogens (tertiary/aromatic N) is 1. The number of benzene rings is 2. The highest BCUT2D eigenvalue weighted by Gasteiger charge is 2.05. The Kier molecular flexibility index (Phi) is 6.09. The maximum absolute atomic E-state index is 13.2. The molecule has 0 aliphatic rings. The molecule has 0 spiro atoms. The number of amides is 1. The Bertz CT molecular complexity index is 925. The fraction of sp³-hybridized carbons (Fsp3) is 0.0526. The Labute approximate surface area is 159 Å². The number of carbonyl (C=O) groups excluding carboxylic acids is 1. The summed E-state index contributed by atoms with van der Waals surface area (Å²) in [5.41, 5.74) is 3.07. The topological polar surface area (TPSA) is 54.6 Å². The molecule has 1 amide bonds. The molecule has 0 saturated heterocycles. The number of rotatable bonds is 6. The van der Waals surface area contributed by atoms with Crippen LogP contribution in [0.5, 0.6) is 0 Å². The zero-order valence-corrected chi connectivity index (χ0v) is 15.1. The summed E-state index contributed by atoms with van der Waals surface area (Å²) >= 11 is 7.20. The Morgan fingerprint density at radius 2 is 2.00 bits per heavy atom. The van der Waals surface area contributed by atoms with Crippen LogP contribution in [0.4, 0.5) is 4.39 Å². The van der Waals surface area contributed by atoms with Crippen LogP contribution in [0.15, 0.2) is 75.1 Å². The Hall–Kier alpha value is -2.57. The number of carbonyl (C=O) groups is 1. The largest absolute Gasteiger partial charge is 0.455 e. The number of hydrazone groups is 1. The monoisotopic (exact) mass is 388 g/mol. The summed E-state index contributed by atoms with van der Waals surface area (Å²) in [4.78, 5) is 12.7. The van der Waals surface area contributed by atoms with Crippen LogP contribution in [0.3, 0.4) is 0 Å². The molecule has 0 fully saturated rings. The minimum Gasteiger partial charge on any atom is -0.455 e. The van der Waals surface area contributed by atoms with Crippen molar-refractivity contribution in [1.82, 2.24) is 5.43 Å². The van der Waals surface area contributed by atoms with Crippen molar-refractivity contribution in [1.29, 1.82) is 0 Å². The van der Waals surface area contributed by atoms with E-state index in [0.717, 1.165) is 4.90 Å². The fourth-order valence-electron chi connectivity index (χ4n) is 2.10. The maximum atomic E-state index is 13.2. The van der Waals surface area contributed by atoms with Crippen molar-refractivity contribution >= 4 is 35.5 Å². The number of halogens is 2. The molecule has 26 heavy (non-hydrogen) atoms. The smallest absolute Gasteiger partial charge is 0.250 e. The first-order valence-electron chi connectivity index (χ1n) is 7.66. The van der Waals surface area contributed by atoms with Gasteiger partial charge in [0.15, 0.2) is 0 Å². The van der Waals surface area contributed by atoms with Crippen LogP contribution in [0.25, 0.3) is 11.3 Å². The van der Waals surface area contributed by atoms with Crippen LogP contribution in [-0.2, 0) is 4.79 Å². The normalized spacial score (nSPS) is 11.0. The van der Waals surface area contributed by atoms with Crippen LogP contribution in [0.2, 0.25) is 5.02 Å². The van der Waals surface area contributed by atoms with Crippen LogP contribution < -0.4 is 5.43 Å². The van der Waals surface area contributed by atoms with Crippen LogP contribution in [0.1, 0.15) is 5.76 Å². The van der Waals surface area contributed by atoms with Crippen LogP contribution in [0, 0.1) is 5.82 Å². The number of hydrogen-bond acceptors (Lipinski definition) is 4. The Balaban J connectivity index is 1.50. The average molecular weight is 389 g/mol. The van der Waals surface area contributed by atoms with E-state index in [2.05, 4.69) is 10.5 Å². The van der Waals surface area contributed by atoms with E-state index in [9.17, 15) is 9.18 Å². The predicted molar refractivity (Wildman–Crippen MR) is 102 cm³/mol. The molecular formula is C19H14ClFN2O2S. The zero-order valence-electron chi connectivity index (χ0n) is 13.5. The van der Waals surface area contributed by atoms with Gasteiger partial charge in [-0.05, 0) is 48.5 Å². The molecule has 1 aromatic heterocycles. The number of nitrogens with one attached hydrogen (secondary N) is 1. The summed E-state index contributed by atoms with van der Waals surface area (Å²) in [7, 11) is 0. The highest BCUT2D eigenvalue weighted by molar-refractivity contribution is 8.00. The summed E-state index contributed by atoms with van der Waals surface area (Å²) < 4.78 is 18.8. The molecule has 0 atom stereocenters. The number of furan rings is 1. The molecule has 1 N–H and O–H groups in total. The van der Waals surface area contributed by atoms with Crippen molar-refractivity contribution in [3.05, 3.63) is 77.3 Å². The summed E-state index contributed by atoms with van der Waals surface area (Å²) in [5, 5.41) is 4.52. The molecular weight excluding hydrogens is 375 g/mol. The molecule has 0 bridgehead atoms. The first-order chi connectivity index (χ1) is 12.6. The van der Waals surface area contributed by atoms with Gasteiger partial charge < -0.3 is 4.42 Å². The van der Waals surface area contributed by atoms with E-state index < -0.39 is 0 Å². The average Bonchev–Trinajstić information content (AvgIpc) is 3.10. The second-order valence-electron chi connectivity index (χ2n) is 5.25. The Morgan fingerprint density at radius 3 is 2.77 bits per heavy atom. The third-order valence-electron chi connectivity index (χ3n) is 3.30. The van der Waals surface area contributed by atoms with Gasteiger partial charge in [0.1, 0.15) is 17.3 Å². The summed E-state index contributed by atoms with van der Waals surface area (Å²) in [6.45, 7) is 0. The van der Waals surface area contributed by atoms with Crippen LogP contribution >= 0.6 is 23.4 Å². The highest BCUT2D eigenvalue weighted by Crippen LogP contribution is 2.22. The van der Waals surface area contributed by atoms with E-state index in [1.165, 1.54) is 30.1 Å². The maximum Gasteiger partial charge on any atom is 0.250 e. The lowest BCUT2D eigenvalue weighted by Gasteiger charge is -2.00.